The summed E-state index contributed by atoms with van der Waals surface area (Å²) in [7, 11) is -2.28. The van der Waals surface area contributed by atoms with Crippen molar-refractivity contribution < 1.29 is 17.9 Å². The van der Waals surface area contributed by atoms with Crippen LogP contribution in [0, 0.1) is 19.8 Å². The van der Waals surface area contributed by atoms with E-state index in [2.05, 4.69) is 4.74 Å². The van der Waals surface area contributed by atoms with E-state index in [-0.39, 0.29) is 4.90 Å². The topological polar surface area (TPSA) is 60.4 Å². The lowest BCUT2D eigenvalue weighted by molar-refractivity contribution is -0.144. The maximum atomic E-state index is 12.5. The molecule has 106 valence electrons. The molecule has 0 spiro atoms. The van der Waals surface area contributed by atoms with E-state index in [9.17, 15) is 13.2 Å². The van der Waals surface area contributed by atoms with Crippen molar-refractivity contribution in [1.29, 1.82) is 0 Å². The summed E-state index contributed by atoms with van der Waals surface area (Å²) in [5, 5.41) is -0.818. The normalized spacial score (nSPS) is 14.8. The van der Waals surface area contributed by atoms with Crippen LogP contribution >= 0.6 is 0 Å². The number of ether oxygens (including phenoxy) is 1. The standard InChI is InChI=1S/C14H20O4S/c1-9-6-7-13(10(2)8-9)19(16,17)12(4)11(3)14(15)18-5/h6-8,11-12H,1-5H3. The number of hydrogen-bond donors (Lipinski definition) is 0. The van der Waals surface area contributed by atoms with Gasteiger partial charge in [-0.25, -0.2) is 8.42 Å². The van der Waals surface area contributed by atoms with Gasteiger partial charge in [0.05, 0.1) is 23.2 Å². The molecule has 0 amide bonds. The van der Waals surface area contributed by atoms with Crippen LogP contribution in [0.1, 0.15) is 25.0 Å². The quantitative estimate of drug-likeness (QED) is 0.796. The van der Waals surface area contributed by atoms with Crippen LogP contribution < -0.4 is 0 Å². The summed E-state index contributed by atoms with van der Waals surface area (Å²) in [6, 6.07) is 5.18. The van der Waals surface area contributed by atoms with Gasteiger partial charge in [0.1, 0.15) is 0 Å². The highest BCUT2D eigenvalue weighted by Crippen LogP contribution is 2.25. The first-order valence-electron chi connectivity index (χ1n) is 6.10. The van der Waals surface area contributed by atoms with Gasteiger partial charge in [0.15, 0.2) is 9.84 Å². The van der Waals surface area contributed by atoms with Crippen LogP contribution in [0.3, 0.4) is 0 Å². The number of aryl methyl sites for hydroxylation is 2. The van der Waals surface area contributed by atoms with Crippen molar-refractivity contribution in [3.05, 3.63) is 29.3 Å². The van der Waals surface area contributed by atoms with Gasteiger partial charge in [-0.1, -0.05) is 24.6 Å². The van der Waals surface area contributed by atoms with E-state index >= 15 is 0 Å². The number of rotatable bonds is 4. The van der Waals surface area contributed by atoms with E-state index in [4.69, 9.17) is 0 Å². The molecule has 0 bridgehead atoms. The third-order valence-electron chi connectivity index (χ3n) is 3.40. The number of methoxy groups -OCH3 is 1. The second-order valence-electron chi connectivity index (χ2n) is 4.83. The van der Waals surface area contributed by atoms with Crippen molar-refractivity contribution in [2.75, 3.05) is 7.11 Å². The van der Waals surface area contributed by atoms with Crippen molar-refractivity contribution in [3.63, 3.8) is 0 Å². The zero-order valence-corrected chi connectivity index (χ0v) is 12.7. The van der Waals surface area contributed by atoms with E-state index < -0.39 is 27.0 Å². The van der Waals surface area contributed by atoms with Gasteiger partial charge < -0.3 is 4.74 Å². The van der Waals surface area contributed by atoms with Crippen molar-refractivity contribution in [2.45, 2.75) is 37.8 Å². The Morgan fingerprint density at radius 1 is 1.21 bits per heavy atom. The third kappa shape index (κ3) is 3.15. The molecule has 0 N–H and O–H groups in total. The van der Waals surface area contributed by atoms with Gasteiger partial charge >= 0.3 is 5.97 Å². The summed E-state index contributed by atoms with van der Waals surface area (Å²) < 4.78 is 29.6. The summed E-state index contributed by atoms with van der Waals surface area (Å²) in [5.74, 6) is -1.21. The highest BCUT2D eigenvalue weighted by molar-refractivity contribution is 7.92. The van der Waals surface area contributed by atoms with Crippen molar-refractivity contribution >= 4 is 15.8 Å². The Morgan fingerprint density at radius 3 is 2.26 bits per heavy atom. The minimum atomic E-state index is -3.54. The van der Waals surface area contributed by atoms with E-state index in [1.807, 2.05) is 13.0 Å². The molecule has 4 nitrogen and oxygen atoms in total. The molecule has 0 saturated carbocycles. The highest BCUT2D eigenvalue weighted by atomic mass is 32.2. The number of carbonyl (C=O) groups is 1. The minimum absolute atomic E-state index is 0.279. The fourth-order valence-electron chi connectivity index (χ4n) is 1.97. The summed E-state index contributed by atoms with van der Waals surface area (Å²) in [4.78, 5) is 11.8. The van der Waals surface area contributed by atoms with Gasteiger partial charge in [0.2, 0.25) is 0 Å². The predicted octanol–water partition coefficient (Wildman–Crippen LogP) is 2.27. The van der Waals surface area contributed by atoms with Crippen LogP contribution in [-0.4, -0.2) is 26.7 Å². The van der Waals surface area contributed by atoms with E-state index in [0.717, 1.165) is 5.56 Å². The molecule has 1 aromatic rings. The molecular formula is C14H20O4S. The fraction of sp³-hybridized carbons (Fsp3) is 0.500. The summed E-state index contributed by atoms with van der Waals surface area (Å²) in [6.07, 6.45) is 0. The number of benzene rings is 1. The van der Waals surface area contributed by atoms with Gasteiger partial charge in [-0.3, -0.25) is 4.79 Å². The molecule has 0 aliphatic rings. The van der Waals surface area contributed by atoms with Crippen LogP contribution in [-0.2, 0) is 19.4 Å². The molecular weight excluding hydrogens is 264 g/mol. The second kappa shape index (κ2) is 5.74. The molecule has 5 heteroatoms. The molecule has 0 saturated heterocycles. The maximum Gasteiger partial charge on any atom is 0.309 e. The monoisotopic (exact) mass is 284 g/mol. The van der Waals surface area contributed by atoms with Gasteiger partial charge in [-0.15, -0.1) is 0 Å². The summed E-state index contributed by atoms with van der Waals surface area (Å²) in [6.45, 7) is 6.77. The van der Waals surface area contributed by atoms with E-state index in [1.54, 1.807) is 26.0 Å². The molecule has 1 rings (SSSR count). The Hall–Kier alpha value is -1.36. The molecule has 2 unspecified atom stereocenters. The lowest BCUT2D eigenvalue weighted by Crippen LogP contribution is -2.31. The average Bonchev–Trinajstić information content (AvgIpc) is 2.35. The minimum Gasteiger partial charge on any atom is -0.469 e. The fourth-order valence-corrected chi connectivity index (χ4v) is 3.78. The number of hydrogen-bond acceptors (Lipinski definition) is 4. The third-order valence-corrected chi connectivity index (χ3v) is 5.86. The van der Waals surface area contributed by atoms with Gasteiger partial charge in [-0.2, -0.15) is 0 Å². The van der Waals surface area contributed by atoms with Crippen molar-refractivity contribution in [2.24, 2.45) is 5.92 Å². The SMILES string of the molecule is COC(=O)C(C)C(C)S(=O)(=O)c1ccc(C)cc1C. The summed E-state index contributed by atoms with van der Waals surface area (Å²) >= 11 is 0. The molecule has 0 aromatic heterocycles. The first kappa shape index (κ1) is 15.7. The van der Waals surface area contributed by atoms with Gasteiger partial charge in [0, 0.05) is 0 Å². The van der Waals surface area contributed by atoms with Crippen molar-refractivity contribution in [3.8, 4) is 0 Å². The van der Waals surface area contributed by atoms with Gasteiger partial charge in [0.25, 0.3) is 0 Å². The lowest BCUT2D eigenvalue weighted by Gasteiger charge is -2.19. The summed E-state index contributed by atoms with van der Waals surface area (Å²) in [5.41, 5.74) is 1.70. The molecule has 19 heavy (non-hydrogen) atoms. The number of carbonyl (C=O) groups excluding carboxylic acids is 1. The molecule has 2 atom stereocenters. The highest BCUT2D eigenvalue weighted by Gasteiger charge is 2.33. The number of sulfone groups is 1. The smallest absolute Gasteiger partial charge is 0.309 e. The zero-order chi connectivity index (χ0) is 14.8. The molecule has 0 aliphatic heterocycles. The van der Waals surface area contributed by atoms with Crippen LogP contribution in [0.25, 0.3) is 0 Å². The van der Waals surface area contributed by atoms with Crippen LogP contribution in [0.5, 0.6) is 0 Å². The van der Waals surface area contributed by atoms with E-state index in [0.29, 0.717) is 5.56 Å². The Morgan fingerprint density at radius 2 is 1.79 bits per heavy atom. The van der Waals surface area contributed by atoms with E-state index in [1.165, 1.54) is 14.0 Å². The Bertz CT molecular complexity index is 575. The van der Waals surface area contributed by atoms with Gasteiger partial charge in [-0.05, 0) is 32.4 Å². The molecule has 0 fully saturated rings. The maximum absolute atomic E-state index is 12.5. The Labute approximate surface area is 114 Å². The van der Waals surface area contributed by atoms with Crippen LogP contribution in [0.15, 0.2) is 23.1 Å². The Kier molecular flexibility index (Phi) is 4.74. The first-order valence-corrected chi connectivity index (χ1v) is 7.65. The lowest BCUT2D eigenvalue weighted by atomic mass is 10.1. The first-order chi connectivity index (χ1) is 8.71. The predicted molar refractivity (Wildman–Crippen MR) is 73.7 cm³/mol. The molecule has 0 radical (unpaired) electrons. The molecule has 1 aromatic carbocycles. The average molecular weight is 284 g/mol. The number of esters is 1. The molecule has 0 aliphatic carbocycles. The van der Waals surface area contributed by atoms with Crippen LogP contribution in [0.2, 0.25) is 0 Å². The van der Waals surface area contributed by atoms with Crippen molar-refractivity contribution in [1.82, 2.24) is 0 Å². The second-order valence-corrected chi connectivity index (χ2v) is 7.10. The molecule has 0 heterocycles. The van der Waals surface area contributed by atoms with Crippen LogP contribution in [0.4, 0.5) is 0 Å². The Balaban J connectivity index is 3.20. The largest absolute Gasteiger partial charge is 0.469 e. The zero-order valence-electron chi connectivity index (χ0n) is 11.9.